The van der Waals surface area contributed by atoms with Crippen molar-refractivity contribution < 1.29 is 9.47 Å². The Morgan fingerprint density at radius 3 is 2.66 bits per heavy atom. The molecule has 7 nitrogen and oxygen atoms in total. The van der Waals surface area contributed by atoms with Gasteiger partial charge in [-0.05, 0) is 37.7 Å². The molecule has 194 valence electrons. The van der Waals surface area contributed by atoms with Crippen molar-refractivity contribution in [2.45, 2.75) is 76.5 Å². The van der Waals surface area contributed by atoms with Gasteiger partial charge in [0.1, 0.15) is 0 Å². The molecule has 3 N–H and O–H groups in total. The van der Waals surface area contributed by atoms with Gasteiger partial charge in [-0.1, -0.05) is 62.4 Å². The number of rotatable bonds is 12. The number of hydrogen-bond acceptors (Lipinski definition) is 8. The van der Waals surface area contributed by atoms with E-state index < -0.39 is 0 Å². The largest absolute Gasteiger partial charge is 0.379 e. The molecule has 0 spiro atoms. The molecule has 1 saturated heterocycles. The van der Waals surface area contributed by atoms with Crippen LogP contribution in [-0.4, -0.2) is 54.2 Å². The van der Waals surface area contributed by atoms with Crippen LogP contribution in [0.25, 0.3) is 0 Å². The molecular formula is C27H43N5O2S. The van der Waals surface area contributed by atoms with Crippen LogP contribution in [0.5, 0.6) is 0 Å². The highest BCUT2D eigenvalue weighted by Crippen LogP contribution is 2.36. The molecule has 0 bridgehead atoms. The van der Waals surface area contributed by atoms with Gasteiger partial charge in [0.05, 0.1) is 30.5 Å². The third-order valence-corrected chi connectivity index (χ3v) is 8.18. The first-order chi connectivity index (χ1) is 17.2. The van der Waals surface area contributed by atoms with Gasteiger partial charge < -0.3 is 25.4 Å². The third-order valence-electron chi connectivity index (χ3n) is 7.67. The van der Waals surface area contributed by atoms with Crippen molar-refractivity contribution in [2.24, 2.45) is 17.6 Å². The fraction of sp³-hybridized carbons (Fsp3) is 0.704. The Hall–Kier alpha value is -1.74. The lowest BCUT2D eigenvalue weighted by atomic mass is 9.85. The number of hydrogen-bond donors (Lipinski definition) is 2. The van der Waals surface area contributed by atoms with Crippen molar-refractivity contribution in [1.29, 1.82) is 0 Å². The molecule has 4 rings (SSSR count). The van der Waals surface area contributed by atoms with Crippen LogP contribution < -0.4 is 16.0 Å². The normalized spacial score (nSPS) is 22.0. The minimum Gasteiger partial charge on any atom is -0.379 e. The molecule has 2 fully saturated rings. The summed E-state index contributed by atoms with van der Waals surface area (Å²) >= 11 is 1.29. The van der Waals surface area contributed by atoms with Gasteiger partial charge in [0.25, 0.3) is 0 Å². The van der Waals surface area contributed by atoms with Crippen LogP contribution in [0.3, 0.4) is 0 Å². The van der Waals surface area contributed by atoms with Crippen molar-refractivity contribution in [1.82, 2.24) is 8.75 Å². The van der Waals surface area contributed by atoms with Gasteiger partial charge in [-0.3, -0.25) is 0 Å². The molecule has 0 radical (unpaired) electrons. The molecule has 8 heteroatoms. The zero-order valence-corrected chi connectivity index (χ0v) is 22.2. The Bertz CT molecular complexity index is 860. The average molecular weight is 502 g/mol. The van der Waals surface area contributed by atoms with Gasteiger partial charge in [0, 0.05) is 38.7 Å². The predicted octanol–water partition coefficient (Wildman–Crippen LogP) is 5.26. The molecule has 2 aromatic rings. The van der Waals surface area contributed by atoms with E-state index in [9.17, 15) is 0 Å². The summed E-state index contributed by atoms with van der Waals surface area (Å²) in [6.07, 6.45) is 10.2. The number of nitrogens with one attached hydrogen (secondary N) is 1. The maximum atomic E-state index is 6.47. The molecule has 4 atom stereocenters. The number of ether oxygens (including phenoxy) is 2. The Labute approximate surface area is 215 Å². The van der Waals surface area contributed by atoms with E-state index in [1.54, 1.807) is 7.11 Å². The van der Waals surface area contributed by atoms with Gasteiger partial charge >= 0.3 is 0 Å². The lowest BCUT2D eigenvalue weighted by molar-refractivity contribution is -0.0461. The zero-order valence-electron chi connectivity index (χ0n) is 21.4. The fourth-order valence-corrected chi connectivity index (χ4v) is 6.15. The van der Waals surface area contributed by atoms with Gasteiger partial charge in [-0.2, -0.15) is 8.75 Å². The molecule has 1 aliphatic heterocycles. The second-order valence-corrected chi connectivity index (χ2v) is 10.8. The van der Waals surface area contributed by atoms with Gasteiger partial charge in [-0.25, -0.2) is 0 Å². The summed E-state index contributed by atoms with van der Waals surface area (Å²) in [4.78, 5) is 2.40. The van der Waals surface area contributed by atoms with Crippen molar-refractivity contribution in [2.75, 3.05) is 43.6 Å². The van der Waals surface area contributed by atoms with Crippen molar-refractivity contribution in [3.8, 4) is 0 Å². The number of methoxy groups -OCH3 is 1. The van der Waals surface area contributed by atoms with E-state index in [1.807, 2.05) is 0 Å². The lowest BCUT2D eigenvalue weighted by Crippen LogP contribution is -2.40. The predicted molar refractivity (Wildman–Crippen MR) is 144 cm³/mol. The number of anilines is 2. The van der Waals surface area contributed by atoms with E-state index in [1.165, 1.54) is 49.4 Å². The van der Waals surface area contributed by atoms with E-state index >= 15 is 0 Å². The van der Waals surface area contributed by atoms with Crippen molar-refractivity contribution >= 4 is 23.4 Å². The van der Waals surface area contributed by atoms with E-state index in [4.69, 9.17) is 19.6 Å². The quantitative estimate of drug-likeness (QED) is 0.410. The minimum atomic E-state index is 0.0303. The van der Waals surface area contributed by atoms with Crippen LogP contribution in [0.15, 0.2) is 30.3 Å². The summed E-state index contributed by atoms with van der Waals surface area (Å²) in [5.74, 6) is 3.01. The molecule has 0 amide bonds. The number of benzene rings is 1. The monoisotopic (exact) mass is 501 g/mol. The highest BCUT2D eigenvalue weighted by Gasteiger charge is 2.32. The van der Waals surface area contributed by atoms with Crippen LogP contribution in [0, 0.1) is 11.8 Å². The van der Waals surface area contributed by atoms with Crippen LogP contribution in [0.4, 0.5) is 11.6 Å². The smallest absolute Gasteiger partial charge is 0.186 e. The Kier molecular flexibility index (Phi) is 10.2. The molecule has 1 saturated carbocycles. The first kappa shape index (κ1) is 26.3. The molecule has 35 heavy (non-hydrogen) atoms. The summed E-state index contributed by atoms with van der Waals surface area (Å²) in [5, 5.41) is 3.67. The second kappa shape index (κ2) is 13.5. The summed E-state index contributed by atoms with van der Waals surface area (Å²) < 4.78 is 21.3. The Morgan fingerprint density at radius 1 is 1.11 bits per heavy atom. The molecular weight excluding hydrogens is 458 g/mol. The first-order valence-electron chi connectivity index (χ1n) is 13.4. The Morgan fingerprint density at radius 2 is 1.91 bits per heavy atom. The highest BCUT2D eigenvalue weighted by atomic mass is 32.1. The maximum absolute atomic E-state index is 6.47. The summed E-state index contributed by atoms with van der Waals surface area (Å²) in [6, 6.07) is 10.9. The van der Waals surface area contributed by atoms with Gasteiger partial charge in [0.15, 0.2) is 11.6 Å². The van der Waals surface area contributed by atoms with E-state index in [-0.39, 0.29) is 18.2 Å². The summed E-state index contributed by atoms with van der Waals surface area (Å²) in [6.45, 7) is 5.14. The number of aromatic nitrogens is 2. The summed E-state index contributed by atoms with van der Waals surface area (Å²) in [7, 11) is 1.74. The molecule has 2 heterocycles. The van der Waals surface area contributed by atoms with E-state index in [0.717, 1.165) is 49.9 Å². The maximum Gasteiger partial charge on any atom is 0.186 e. The van der Waals surface area contributed by atoms with E-state index in [2.05, 4.69) is 51.8 Å². The second-order valence-electron chi connectivity index (χ2n) is 10.3. The SMILES string of the molecule is COC(C)COC(c1ccccc1)C1CCCN(c2nsnc2NC(CN)CC2CCCCC2)C1. The van der Waals surface area contributed by atoms with Gasteiger partial charge in [-0.15, -0.1) is 0 Å². The van der Waals surface area contributed by atoms with Crippen LogP contribution in [0.2, 0.25) is 0 Å². The number of nitrogens with two attached hydrogens (primary N) is 1. The fourth-order valence-electron chi connectivity index (χ4n) is 5.62. The standard InChI is InChI=1S/C27H43N5O2S/c1-20(33-2)19-34-25(22-12-7-4-8-13-22)23-14-9-15-32(18-23)27-26(30-35-31-27)29-24(17-28)16-21-10-5-3-6-11-21/h4,7-8,12-13,20-21,23-25H,3,5-6,9-11,14-19,28H2,1-2H3,(H,29,30). The highest BCUT2D eigenvalue weighted by molar-refractivity contribution is 6.99. The van der Waals surface area contributed by atoms with E-state index in [0.29, 0.717) is 19.1 Å². The van der Waals surface area contributed by atoms with Crippen molar-refractivity contribution in [3.63, 3.8) is 0 Å². The minimum absolute atomic E-state index is 0.0303. The van der Waals surface area contributed by atoms with Crippen molar-refractivity contribution in [3.05, 3.63) is 35.9 Å². The molecule has 1 aliphatic carbocycles. The lowest BCUT2D eigenvalue weighted by Gasteiger charge is -2.38. The number of piperidine rings is 1. The third kappa shape index (κ3) is 7.38. The molecule has 2 aliphatic rings. The molecule has 4 unspecified atom stereocenters. The first-order valence-corrected chi connectivity index (χ1v) is 14.1. The summed E-state index contributed by atoms with van der Waals surface area (Å²) in [5.41, 5.74) is 7.41. The molecule has 1 aromatic carbocycles. The average Bonchev–Trinajstić information content (AvgIpc) is 3.38. The molecule has 1 aromatic heterocycles. The topological polar surface area (TPSA) is 85.5 Å². The zero-order chi connectivity index (χ0) is 24.5. The van der Waals surface area contributed by atoms with Gasteiger partial charge in [0.2, 0.25) is 0 Å². The van der Waals surface area contributed by atoms with Crippen LogP contribution >= 0.6 is 11.7 Å². The van der Waals surface area contributed by atoms with Crippen LogP contribution in [0.1, 0.15) is 70.0 Å². The van der Waals surface area contributed by atoms with Crippen LogP contribution in [-0.2, 0) is 9.47 Å². The number of nitrogens with zero attached hydrogens (tertiary/aromatic N) is 3. The Balaban J connectivity index is 1.43.